The first kappa shape index (κ1) is 12.7. The van der Waals surface area contributed by atoms with Gasteiger partial charge in [-0.2, -0.15) is 0 Å². The van der Waals surface area contributed by atoms with Crippen LogP contribution in [0.4, 0.5) is 11.4 Å². The number of nitro benzene ring substituents is 1. The molecule has 1 aromatic carbocycles. The largest absolute Gasteiger partial charge is 0.303 e. The van der Waals surface area contributed by atoms with Crippen LogP contribution in [-0.2, 0) is 11.2 Å². The highest BCUT2D eigenvalue weighted by Crippen LogP contribution is 2.26. The minimum atomic E-state index is -0.521. The smallest absolute Gasteiger partial charge is 0.273 e. The Bertz CT molecular complexity index is 480. The van der Waals surface area contributed by atoms with Crippen molar-refractivity contribution < 1.29 is 9.72 Å². The molecule has 1 aromatic rings. The molecule has 0 spiro atoms. The summed E-state index contributed by atoms with van der Waals surface area (Å²) in [6.07, 6.45) is 2.16. The summed E-state index contributed by atoms with van der Waals surface area (Å²) in [5.74, 6) is 0. The van der Waals surface area contributed by atoms with Crippen molar-refractivity contribution in [2.75, 3.05) is 0 Å². The number of unbranched alkanes of at least 4 members (excludes halogenated alkanes) is 1. The first-order chi connectivity index (χ1) is 8.19. The predicted molar refractivity (Wildman–Crippen MR) is 60.9 cm³/mol. The first-order valence-electron chi connectivity index (χ1n) is 4.95. The number of carbonyl (C=O) groups excluding carboxylic acids is 1. The highest BCUT2D eigenvalue weighted by molar-refractivity contribution is 5.53. The van der Waals surface area contributed by atoms with Gasteiger partial charge in [-0.15, -0.1) is 0 Å². The van der Waals surface area contributed by atoms with Crippen LogP contribution in [-0.4, -0.2) is 11.2 Å². The molecule has 7 heteroatoms. The van der Waals surface area contributed by atoms with Crippen molar-refractivity contribution in [2.45, 2.75) is 19.3 Å². The summed E-state index contributed by atoms with van der Waals surface area (Å²) in [6.45, 7) is 0. The van der Waals surface area contributed by atoms with Crippen LogP contribution in [0.3, 0.4) is 0 Å². The van der Waals surface area contributed by atoms with Crippen molar-refractivity contribution in [1.29, 1.82) is 0 Å². The zero-order valence-corrected chi connectivity index (χ0v) is 8.94. The summed E-state index contributed by atoms with van der Waals surface area (Å²) in [5.41, 5.74) is 8.90. The van der Waals surface area contributed by atoms with Crippen LogP contribution in [0.15, 0.2) is 23.3 Å². The number of carbonyl (C=O) groups is 1. The van der Waals surface area contributed by atoms with Crippen molar-refractivity contribution in [3.05, 3.63) is 44.3 Å². The molecule has 0 saturated heterocycles. The van der Waals surface area contributed by atoms with Crippen LogP contribution in [0.5, 0.6) is 0 Å². The van der Waals surface area contributed by atoms with Crippen LogP contribution in [0.2, 0.25) is 0 Å². The number of aldehydes is 1. The number of nitro groups is 1. The lowest BCUT2D eigenvalue weighted by atomic mass is 10.1. The van der Waals surface area contributed by atoms with Gasteiger partial charge < -0.3 is 4.79 Å². The second-order valence-corrected chi connectivity index (χ2v) is 3.32. The van der Waals surface area contributed by atoms with E-state index in [9.17, 15) is 14.9 Å². The van der Waals surface area contributed by atoms with E-state index in [1.165, 1.54) is 12.1 Å². The van der Waals surface area contributed by atoms with Gasteiger partial charge >= 0.3 is 0 Å². The van der Waals surface area contributed by atoms with E-state index in [1.54, 1.807) is 6.07 Å². The van der Waals surface area contributed by atoms with Gasteiger partial charge in [0.2, 0.25) is 0 Å². The summed E-state index contributed by atoms with van der Waals surface area (Å²) in [5, 5.41) is 14.1. The van der Waals surface area contributed by atoms with Gasteiger partial charge in [-0.25, -0.2) is 0 Å². The highest BCUT2D eigenvalue weighted by Gasteiger charge is 2.13. The maximum Gasteiger partial charge on any atom is 0.273 e. The fourth-order valence-electron chi connectivity index (χ4n) is 1.42. The van der Waals surface area contributed by atoms with Gasteiger partial charge in [0.25, 0.3) is 5.69 Å². The minimum absolute atomic E-state index is 0.0826. The maximum atomic E-state index is 10.8. The van der Waals surface area contributed by atoms with Gasteiger partial charge in [0.1, 0.15) is 6.29 Å². The van der Waals surface area contributed by atoms with E-state index >= 15 is 0 Å². The van der Waals surface area contributed by atoms with E-state index in [4.69, 9.17) is 5.53 Å². The molecule has 0 aliphatic carbocycles. The van der Waals surface area contributed by atoms with Gasteiger partial charge in [0.05, 0.1) is 4.92 Å². The van der Waals surface area contributed by atoms with Gasteiger partial charge in [0.15, 0.2) is 0 Å². The Kier molecular flexibility index (Phi) is 4.65. The average molecular weight is 234 g/mol. The summed E-state index contributed by atoms with van der Waals surface area (Å²) in [7, 11) is 0. The van der Waals surface area contributed by atoms with Crippen molar-refractivity contribution in [2.24, 2.45) is 5.11 Å². The van der Waals surface area contributed by atoms with E-state index in [-0.39, 0.29) is 11.4 Å². The average Bonchev–Trinajstić information content (AvgIpc) is 2.31. The molecule has 0 N–H and O–H groups in total. The van der Waals surface area contributed by atoms with Gasteiger partial charge in [-0.1, -0.05) is 17.2 Å². The van der Waals surface area contributed by atoms with E-state index in [1.807, 2.05) is 0 Å². The predicted octanol–water partition coefficient (Wildman–Crippen LogP) is 3.06. The monoisotopic (exact) mass is 234 g/mol. The molecule has 0 radical (unpaired) electrons. The minimum Gasteiger partial charge on any atom is -0.303 e. The number of hydrogen-bond donors (Lipinski definition) is 0. The maximum absolute atomic E-state index is 10.8. The molecular weight excluding hydrogens is 224 g/mol. The molecule has 17 heavy (non-hydrogen) atoms. The van der Waals surface area contributed by atoms with Crippen LogP contribution in [0.25, 0.3) is 10.4 Å². The Balaban J connectivity index is 2.99. The molecule has 7 nitrogen and oxygen atoms in total. The molecule has 0 amide bonds. The third-order valence-corrected chi connectivity index (χ3v) is 2.19. The summed E-state index contributed by atoms with van der Waals surface area (Å²) < 4.78 is 0. The quantitative estimate of drug-likeness (QED) is 0.143. The number of benzene rings is 1. The molecule has 88 valence electrons. The molecular formula is C10H10N4O3. The molecule has 0 unspecified atom stereocenters. The van der Waals surface area contributed by atoms with Crippen molar-refractivity contribution in [3.63, 3.8) is 0 Å². The Labute approximate surface area is 96.8 Å². The van der Waals surface area contributed by atoms with Crippen LogP contribution >= 0.6 is 0 Å². The van der Waals surface area contributed by atoms with E-state index in [2.05, 4.69) is 10.0 Å². The Morgan fingerprint density at radius 1 is 1.53 bits per heavy atom. The molecule has 0 saturated carbocycles. The van der Waals surface area contributed by atoms with Crippen molar-refractivity contribution in [3.8, 4) is 0 Å². The number of hydrogen-bond acceptors (Lipinski definition) is 4. The second kappa shape index (κ2) is 6.24. The molecule has 0 aliphatic heterocycles. The van der Waals surface area contributed by atoms with Gasteiger partial charge in [-0.3, -0.25) is 10.1 Å². The molecule has 0 fully saturated rings. The number of azide groups is 1. The molecule has 0 aromatic heterocycles. The standard InChI is InChI=1S/C10H10N4O3/c11-13-12-9-5-4-8(3-1-2-6-15)10(7-9)14(16)17/h4-7H,1-3H2. The fraction of sp³-hybridized carbons (Fsp3) is 0.300. The fourth-order valence-corrected chi connectivity index (χ4v) is 1.42. The lowest BCUT2D eigenvalue weighted by molar-refractivity contribution is -0.385. The SMILES string of the molecule is [N-]=[N+]=Nc1ccc(CCCC=O)c([N+](=O)[O-])c1. The summed E-state index contributed by atoms with van der Waals surface area (Å²) >= 11 is 0. The Morgan fingerprint density at radius 2 is 2.29 bits per heavy atom. The zero-order valence-electron chi connectivity index (χ0n) is 8.94. The van der Waals surface area contributed by atoms with Crippen molar-refractivity contribution >= 4 is 17.7 Å². The van der Waals surface area contributed by atoms with Crippen LogP contribution in [0.1, 0.15) is 18.4 Å². The lowest BCUT2D eigenvalue weighted by Gasteiger charge is -2.02. The Morgan fingerprint density at radius 3 is 2.88 bits per heavy atom. The number of aryl methyl sites for hydroxylation is 1. The van der Waals surface area contributed by atoms with Gasteiger partial charge in [-0.05, 0) is 18.4 Å². The number of nitrogens with zero attached hydrogens (tertiary/aromatic N) is 4. The second-order valence-electron chi connectivity index (χ2n) is 3.32. The van der Waals surface area contributed by atoms with Crippen LogP contribution < -0.4 is 0 Å². The zero-order chi connectivity index (χ0) is 12.7. The van der Waals surface area contributed by atoms with E-state index in [0.717, 1.165) is 6.29 Å². The van der Waals surface area contributed by atoms with Gasteiger partial charge in [0, 0.05) is 28.6 Å². The van der Waals surface area contributed by atoms with E-state index in [0.29, 0.717) is 24.8 Å². The first-order valence-corrected chi connectivity index (χ1v) is 4.95. The molecule has 0 heterocycles. The van der Waals surface area contributed by atoms with Crippen LogP contribution in [0, 0.1) is 10.1 Å². The molecule has 0 atom stereocenters. The molecule has 1 rings (SSSR count). The van der Waals surface area contributed by atoms with Crippen molar-refractivity contribution in [1.82, 2.24) is 0 Å². The summed E-state index contributed by atoms with van der Waals surface area (Å²) in [6, 6.07) is 4.30. The summed E-state index contributed by atoms with van der Waals surface area (Å²) in [4.78, 5) is 23.0. The highest BCUT2D eigenvalue weighted by atomic mass is 16.6. The van der Waals surface area contributed by atoms with E-state index < -0.39 is 4.92 Å². The normalized spacial score (nSPS) is 9.41. The topological polar surface area (TPSA) is 109 Å². The molecule has 0 aliphatic rings. The third-order valence-electron chi connectivity index (χ3n) is 2.19. The lowest BCUT2D eigenvalue weighted by Crippen LogP contribution is -1.95. The number of rotatable bonds is 6. The molecule has 0 bridgehead atoms. The Hall–Kier alpha value is -2.40. The third kappa shape index (κ3) is 3.58.